The fourth-order valence-electron chi connectivity index (χ4n) is 2.22. The summed E-state index contributed by atoms with van der Waals surface area (Å²) in [6, 6.07) is 12.0. The molecular formula is C19H21NO5. The van der Waals surface area contributed by atoms with Crippen LogP contribution < -0.4 is 14.8 Å². The Balaban J connectivity index is 2.08. The van der Waals surface area contributed by atoms with Crippen molar-refractivity contribution in [2.75, 3.05) is 19.5 Å². The molecule has 1 atom stereocenters. The standard InChI is InChI=1S/C19H21NO5/c1-12-5-10-17(23-3)16(11-12)20-18(21)14-6-8-15(9-7-14)25-13(2)19(22)24-4/h5-11,13H,1-4H3,(H,20,21)/t13-/m1/s1. The van der Waals surface area contributed by atoms with Gasteiger partial charge in [-0.05, 0) is 55.8 Å². The second kappa shape index (κ2) is 8.19. The number of methoxy groups -OCH3 is 2. The lowest BCUT2D eigenvalue weighted by molar-refractivity contribution is -0.147. The van der Waals surface area contributed by atoms with Gasteiger partial charge in [0.2, 0.25) is 0 Å². The van der Waals surface area contributed by atoms with Gasteiger partial charge in [0, 0.05) is 5.56 Å². The molecule has 0 spiro atoms. The van der Waals surface area contributed by atoms with Crippen molar-refractivity contribution < 1.29 is 23.8 Å². The van der Waals surface area contributed by atoms with Gasteiger partial charge in [-0.15, -0.1) is 0 Å². The van der Waals surface area contributed by atoms with E-state index in [-0.39, 0.29) is 5.91 Å². The minimum Gasteiger partial charge on any atom is -0.495 e. The normalized spacial score (nSPS) is 11.4. The maximum absolute atomic E-state index is 12.4. The summed E-state index contributed by atoms with van der Waals surface area (Å²) >= 11 is 0. The van der Waals surface area contributed by atoms with Gasteiger partial charge < -0.3 is 19.5 Å². The Morgan fingerprint density at radius 3 is 2.32 bits per heavy atom. The number of aryl methyl sites for hydroxylation is 1. The van der Waals surface area contributed by atoms with E-state index in [2.05, 4.69) is 10.1 Å². The summed E-state index contributed by atoms with van der Waals surface area (Å²) in [5.41, 5.74) is 2.07. The number of esters is 1. The van der Waals surface area contributed by atoms with Gasteiger partial charge in [0.25, 0.3) is 5.91 Å². The number of rotatable bonds is 6. The monoisotopic (exact) mass is 343 g/mol. The molecule has 0 saturated heterocycles. The van der Waals surface area contributed by atoms with Gasteiger partial charge in [-0.3, -0.25) is 4.79 Å². The van der Waals surface area contributed by atoms with E-state index in [9.17, 15) is 9.59 Å². The van der Waals surface area contributed by atoms with E-state index >= 15 is 0 Å². The molecule has 0 heterocycles. The molecule has 0 aromatic heterocycles. The van der Waals surface area contributed by atoms with Crippen LogP contribution in [0.15, 0.2) is 42.5 Å². The van der Waals surface area contributed by atoms with Crippen molar-refractivity contribution in [3.63, 3.8) is 0 Å². The molecule has 0 aliphatic heterocycles. The molecule has 6 nitrogen and oxygen atoms in total. The fourth-order valence-corrected chi connectivity index (χ4v) is 2.22. The maximum atomic E-state index is 12.4. The van der Waals surface area contributed by atoms with Gasteiger partial charge in [0.05, 0.1) is 19.9 Å². The quantitative estimate of drug-likeness (QED) is 0.816. The summed E-state index contributed by atoms with van der Waals surface area (Å²) < 4.78 is 15.3. The molecule has 0 radical (unpaired) electrons. The largest absolute Gasteiger partial charge is 0.495 e. The van der Waals surface area contributed by atoms with Crippen molar-refractivity contribution in [1.29, 1.82) is 0 Å². The molecule has 0 fully saturated rings. The highest BCUT2D eigenvalue weighted by atomic mass is 16.6. The van der Waals surface area contributed by atoms with E-state index in [1.165, 1.54) is 7.11 Å². The molecule has 0 aliphatic carbocycles. The van der Waals surface area contributed by atoms with E-state index in [4.69, 9.17) is 9.47 Å². The summed E-state index contributed by atoms with van der Waals surface area (Å²) in [6.07, 6.45) is -0.721. The van der Waals surface area contributed by atoms with Gasteiger partial charge >= 0.3 is 5.97 Å². The van der Waals surface area contributed by atoms with E-state index in [0.29, 0.717) is 22.7 Å². The van der Waals surface area contributed by atoms with Crippen LogP contribution in [0, 0.1) is 6.92 Å². The van der Waals surface area contributed by atoms with Gasteiger partial charge in [-0.2, -0.15) is 0 Å². The smallest absolute Gasteiger partial charge is 0.346 e. The minimum absolute atomic E-state index is 0.267. The summed E-state index contributed by atoms with van der Waals surface area (Å²) in [6.45, 7) is 3.53. The van der Waals surface area contributed by atoms with Crippen molar-refractivity contribution in [3.8, 4) is 11.5 Å². The maximum Gasteiger partial charge on any atom is 0.346 e. The molecule has 132 valence electrons. The van der Waals surface area contributed by atoms with E-state index < -0.39 is 12.1 Å². The zero-order chi connectivity index (χ0) is 18.4. The number of anilines is 1. The molecule has 25 heavy (non-hydrogen) atoms. The van der Waals surface area contributed by atoms with Crippen molar-refractivity contribution in [2.45, 2.75) is 20.0 Å². The SMILES string of the molecule is COC(=O)[C@@H](C)Oc1ccc(C(=O)Nc2cc(C)ccc2OC)cc1. The Morgan fingerprint density at radius 1 is 1.04 bits per heavy atom. The van der Waals surface area contributed by atoms with E-state index in [1.807, 2.05) is 19.1 Å². The predicted molar refractivity (Wildman–Crippen MR) is 94.2 cm³/mol. The average molecular weight is 343 g/mol. The summed E-state index contributed by atoms with van der Waals surface area (Å²) in [7, 11) is 2.85. The topological polar surface area (TPSA) is 73.9 Å². The number of ether oxygens (including phenoxy) is 3. The molecule has 2 aromatic carbocycles. The molecule has 0 aliphatic rings. The molecule has 1 N–H and O–H groups in total. The Morgan fingerprint density at radius 2 is 1.72 bits per heavy atom. The number of hydrogen-bond acceptors (Lipinski definition) is 5. The second-order valence-electron chi connectivity index (χ2n) is 5.47. The van der Waals surface area contributed by atoms with E-state index in [0.717, 1.165) is 5.56 Å². The van der Waals surface area contributed by atoms with Crippen LogP contribution in [0.2, 0.25) is 0 Å². The van der Waals surface area contributed by atoms with Gasteiger partial charge in [0.15, 0.2) is 6.10 Å². The number of nitrogens with one attached hydrogen (secondary N) is 1. The third kappa shape index (κ3) is 4.73. The van der Waals surface area contributed by atoms with Crippen LogP contribution in [0.1, 0.15) is 22.8 Å². The predicted octanol–water partition coefficient (Wildman–Crippen LogP) is 3.20. The Hall–Kier alpha value is -3.02. The minimum atomic E-state index is -0.721. The number of amides is 1. The van der Waals surface area contributed by atoms with Crippen LogP contribution in [0.5, 0.6) is 11.5 Å². The lowest BCUT2D eigenvalue weighted by atomic mass is 10.1. The second-order valence-corrected chi connectivity index (χ2v) is 5.47. The summed E-state index contributed by atoms with van der Waals surface area (Å²) in [5.74, 6) is 0.332. The number of hydrogen-bond donors (Lipinski definition) is 1. The first kappa shape index (κ1) is 18.3. The van der Waals surface area contributed by atoms with E-state index in [1.54, 1.807) is 44.4 Å². The zero-order valence-electron chi connectivity index (χ0n) is 14.7. The Kier molecular flexibility index (Phi) is 6.00. The molecule has 0 unspecified atom stereocenters. The molecule has 0 saturated carbocycles. The lowest BCUT2D eigenvalue weighted by Crippen LogP contribution is -2.24. The van der Waals surface area contributed by atoms with Crippen LogP contribution in [0.4, 0.5) is 5.69 Å². The van der Waals surface area contributed by atoms with Crippen LogP contribution in [0.25, 0.3) is 0 Å². The lowest BCUT2D eigenvalue weighted by Gasteiger charge is -2.13. The zero-order valence-corrected chi connectivity index (χ0v) is 14.7. The summed E-state index contributed by atoms with van der Waals surface area (Å²) in [4.78, 5) is 23.8. The van der Waals surface area contributed by atoms with Crippen molar-refractivity contribution >= 4 is 17.6 Å². The third-order valence-corrected chi connectivity index (χ3v) is 3.57. The van der Waals surface area contributed by atoms with Crippen molar-refractivity contribution in [2.24, 2.45) is 0 Å². The van der Waals surface area contributed by atoms with Gasteiger partial charge in [-0.25, -0.2) is 4.79 Å². The highest BCUT2D eigenvalue weighted by Crippen LogP contribution is 2.26. The number of carbonyl (C=O) groups excluding carboxylic acids is 2. The first-order valence-corrected chi connectivity index (χ1v) is 7.75. The van der Waals surface area contributed by atoms with Crippen LogP contribution in [-0.4, -0.2) is 32.2 Å². The highest BCUT2D eigenvalue weighted by Gasteiger charge is 2.15. The van der Waals surface area contributed by atoms with Crippen LogP contribution in [0.3, 0.4) is 0 Å². The molecule has 0 bridgehead atoms. The van der Waals surface area contributed by atoms with Crippen molar-refractivity contribution in [3.05, 3.63) is 53.6 Å². The third-order valence-electron chi connectivity index (χ3n) is 3.57. The number of benzene rings is 2. The Labute approximate surface area is 146 Å². The molecule has 2 rings (SSSR count). The highest BCUT2D eigenvalue weighted by molar-refractivity contribution is 6.05. The molecule has 2 aromatic rings. The van der Waals surface area contributed by atoms with Crippen molar-refractivity contribution in [1.82, 2.24) is 0 Å². The first-order valence-electron chi connectivity index (χ1n) is 7.75. The summed E-state index contributed by atoms with van der Waals surface area (Å²) in [5, 5.41) is 2.83. The fraction of sp³-hybridized carbons (Fsp3) is 0.263. The van der Waals surface area contributed by atoms with Gasteiger partial charge in [0.1, 0.15) is 11.5 Å². The van der Waals surface area contributed by atoms with Crippen LogP contribution >= 0.6 is 0 Å². The molecule has 1 amide bonds. The van der Waals surface area contributed by atoms with Crippen LogP contribution in [-0.2, 0) is 9.53 Å². The molecular weight excluding hydrogens is 322 g/mol. The first-order chi connectivity index (χ1) is 11.9. The molecule has 6 heteroatoms. The Bertz CT molecular complexity index is 755. The number of carbonyl (C=O) groups is 2. The average Bonchev–Trinajstić information content (AvgIpc) is 2.61. The van der Waals surface area contributed by atoms with Gasteiger partial charge in [-0.1, -0.05) is 6.07 Å².